The van der Waals surface area contributed by atoms with Crippen molar-refractivity contribution >= 4 is 88.8 Å². The fourth-order valence-electron chi connectivity index (χ4n) is 12.6. The molecule has 0 aliphatic carbocycles. The number of benzene rings is 10. The minimum Gasteiger partial charge on any atom is -0.375 e. The lowest BCUT2D eigenvalue weighted by Gasteiger charge is -2.53. The summed E-state index contributed by atoms with van der Waals surface area (Å²) in [7, 11) is -1.90. The molecule has 5 heteroatoms. The van der Waals surface area contributed by atoms with Gasteiger partial charge in [-0.25, -0.2) is 0 Å². The second-order valence-electron chi connectivity index (χ2n) is 18.6. The molecule has 0 radical (unpaired) electrons. The van der Waals surface area contributed by atoms with E-state index in [2.05, 4.69) is 234 Å². The van der Waals surface area contributed by atoms with E-state index in [0.717, 1.165) is 23.5 Å². The number of aryl methyl sites for hydroxylation is 1. The summed E-state index contributed by atoms with van der Waals surface area (Å²) in [6.45, 7) is 2.20. The highest BCUT2D eigenvalue weighted by Gasteiger charge is 2.53. The molecule has 0 N–H and O–H groups in total. The third kappa shape index (κ3) is 4.84. The topological polar surface area (TPSA) is 11.4 Å². The minimum absolute atomic E-state index is 0.0766. The van der Waals surface area contributed by atoms with Crippen LogP contribution in [0.15, 0.2) is 232 Å². The lowest BCUT2D eigenvalue weighted by Crippen LogP contribution is -2.61. The highest BCUT2D eigenvalue weighted by atomic mass is 32.3. The van der Waals surface area contributed by atoms with Crippen LogP contribution in [0.1, 0.15) is 25.3 Å². The molecule has 0 saturated heterocycles. The van der Waals surface area contributed by atoms with Gasteiger partial charge in [0.2, 0.25) is 0 Å². The molecule has 0 fully saturated rings. The van der Waals surface area contributed by atoms with Crippen molar-refractivity contribution in [1.82, 2.24) is 4.57 Å². The number of hydrogen-bond donors (Lipinski definition) is 0. The molecule has 1 spiro atoms. The number of rotatable bonds is 6. The maximum atomic E-state index is 2.77. The first-order valence-electron chi connectivity index (χ1n) is 23.8. The molecule has 316 valence electrons. The van der Waals surface area contributed by atoms with Gasteiger partial charge in [0.1, 0.15) is 0 Å². The molecule has 0 bridgehead atoms. The molecule has 4 aliphatic rings. The number of nitrogens with zero attached hydrogens (tertiary/aromatic N) is 3. The van der Waals surface area contributed by atoms with Gasteiger partial charge in [-0.05, 0) is 118 Å². The maximum Gasteiger partial charge on any atom is 0.333 e. The van der Waals surface area contributed by atoms with Crippen LogP contribution >= 0.6 is 10.0 Å². The van der Waals surface area contributed by atoms with Crippen molar-refractivity contribution in [2.45, 2.75) is 45.8 Å². The molecule has 0 amide bonds. The number of hydrogen-bond acceptors (Lipinski definition) is 2. The SMILES string of the molecule is CCCCc1ccc(N(c2ccccc2)c2cc3c4c(c2)-n2c5c(cccc5c5ccc6ccccc6c52)B4N2c4ccccc4S4(c5ccccc5-c5ccccc54)c4cccc-3c42)cc1. The van der Waals surface area contributed by atoms with Crippen LogP contribution in [0.25, 0.3) is 60.5 Å². The van der Waals surface area contributed by atoms with Crippen LogP contribution in [0.2, 0.25) is 0 Å². The quantitative estimate of drug-likeness (QED) is 0.154. The monoisotopic (exact) mass is 873 g/mol. The highest BCUT2D eigenvalue weighted by molar-refractivity contribution is 8.34. The number of anilines is 5. The van der Waals surface area contributed by atoms with Crippen molar-refractivity contribution in [1.29, 1.82) is 0 Å². The van der Waals surface area contributed by atoms with Crippen molar-refractivity contribution in [2.75, 3.05) is 9.71 Å². The Morgan fingerprint density at radius 1 is 0.463 bits per heavy atom. The number of para-hydroxylation sites is 4. The largest absolute Gasteiger partial charge is 0.375 e. The first-order chi connectivity index (χ1) is 33.2. The van der Waals surface area contributed by atoms with Crippen LogP contribution in [-0.2, 0) is 6.42 Å². The fourth-order valence-corrected chi connectivity index (χ4v) is 17.1. The average molecular weight is 874 g/mol. The molecule has 10 aromatic carbocycles. The normalized spacial score (nSPS) is 14.5. The molecular formula is C62H44BN3S. The van der Waals surface area contributed by atoms with Gasteiger partial charge in [-0.2, -0.15) is 0 Å². The Morgan fingerprint density at radius 3 is 1.91 bits per heavy atom. The molecule has 1 aromatic heterocycles. The minimum atomic E-state index is -1.90. The van der Waals surface area contributed by atoms with E-state index in [1.54, 1.807) is 0 Å². The van der Waals surface area contributed by atoms with E-state index in [1.165, 1.54) is 121 Å². The van der Waals surface area contributed by atoms with Crippen LogP contribution in [0, 0.1) is 0 Å². The molecule has 67 heavy (non-hydrogen) atoms. The first kappa shape index (κ1) is 37.5. The summed E-state index contributed by atoms with van der Waals surface area (Å²) < 4.78 is 2.65. The standard InChI is InChI=1S/C62H44BN3S/c1-2-3-17-40-32-35-43(36-33-40)64(42-19-5-4-6-20-42)44-38-51-49-25-16-31-58-62(49)66(53-27-11-14-30-57(53)67(58)55-28-12-9-22-46(55)47-23-10-13-29-56(47)67)63-52-26-15-24-48-50-37-34-41-18-7-8-21-45(41)60(50)65(61(48)52)54(39-44)59(51)63/h4-16,18-39H,2-3,17H2,1H3. The van der Waals surface area contributed by atoms with Crippen LogP contribution in [0.4, 0.5) is 28.4 Å². The van der Waals surface area contributed by atoms with Crippen LogP contribution in [0.3, 0.4) is 0 Å². The second kappa shape index (κ2) is 13.9. The van der Waals surface area contributed by atoms with Gasteiger partial charge in [0.05, 0.1) is 16.7 Å². The number of fused-ring (bicyclic) bond motifs is 18. The van der Waals surface area contributed by atoms with Gasteiger partial charge in [-0.3, -0.25) is 0 Å². The molecule has 0 saturated carbocycles. The lowest BCUT2D eigenvalue weighted by atomic mass is 9.44. The van der Waals surface area contributed by atoms with Crippen molar-refractivity contribution in [3.63, 3.8) is 0 Å². The van der Waals surface area contributed by atoms with Gasteiger partial charge in [-0.15, -0.1) is 10.0 Å². The van der Waals surface area contributed by atoms with Gasteiger partial charge in [0.15, 0.2) is 0 Å². The second-order valence-corrected chi connectivity index (χ2v) is 21.6. The zero-order valence-electron chi connectivity index (χ0n) is 37.2. The third-order valence-electron chi connectivity index (χ3n) is 15.2. The molecule has 0 atom stereocenters. The molecule has 3 nitrogen and oxygen atoms in total. The summed E-state index contributed by atoms with van der Waals surface area (Å²) in [5.74, 6) is 0. The summed E-state index contributed by atoms with van der Waals surface area (Å²) in [4.78, 5) is 11.0. The van der Waals surface area contributed by atoms with Crippen molar-refractivity contribution in [3.8, 4) is 27.9 Å². The predicted octanol–water partition coefficient (Wildman–Crippen LogP) is 15.6. The Balaban J connectivity index is 1.10. The van der Waals surface area contributed by atoms with Crippen molar-refractivity contribution in [2.24, 2.45) is 0 Å². The van der Waals surface area contributed by atoms with E-state index in [4.69, 9.17) is 0 Å². The summed E-state index contributed by atoms with van der Waals surface area (Å²) >= 11 is 0. The van der Waals surface area contributed by atoms with Gasteiger partial charge in [0, 0.05) is 69.7 Å². The van der Waals surface area contributed by atoms with E-state index in [1.807, 2.05) is 0 Å². The maximum absolute atomic E-state index is 2.77. The Kier molecular flexibility index (Phi) is 7.78. The molecule has 0 unspecified atom stereocenters. The molecule has 4 aliphatic heterocycles. The number of aromatic nitrogens is 1. The highest BCUT2D eigenvalue weighted by Crippen LogP contribution is 2.84. The number of unbranched alkanes of at least 4 members (excludes halogenated alkanes) is 1. The van der Waals surface area contributed by atoms with Gasteiger partial charge < -0.3 is 14.3 Å². The summed E-state index contributed by atoms with van der Waals surface area (Å²) in [5.41, 5.74) is 19.3. The van der Waals surface area contributed by atoms with Crippen LogP contribution in [-0.4, -0.2) is 11.4 Å². The third-order valence-corrected chi connectivity index (χ3v) is 19.3. The van der Waals surface area contributed by atoms with Gasteiger partial charge in [-0.1, -0.05) is 159 Å². The smallest absolute Gasteiger partial charge is 0.333 e. The molecule has 11 aromatic rings. The molecule has 15 rings (SSSR count). The summed E-state index contributed by atoms with van der Waals surface area (Å²) in [6.07, 6.45) is 3.47. The fraction of sp³-hybridized carbons (Fsp3) is 0.0645. The Morgan fingerprint density at radius 2 is 1.10 bits per heavy atom. The zero-order chi connectivity index (χ0) is 44.0. The van der Waals surface area contributed by atoms with E-state index in [0.29, 0.717) is 0 Å². The molecular weight excluding hydrogens is 830 g/mol. The first-order valence-corrected chi connectivity index (χ1v) is 25.5. The summed E-state index contributed by atoms with van der Waals surface area (Å²) in [6, 6.07) is 81.3. The van der Waals surface area contributed by atoms with Crippen LogP contribution < -0.4 is 20.6 Å². The van der Waals surface area contributed by atoms with E-state index < -0.39 is 10.0 Å². The van der Waals surface area contributed by atoms with Gasteiger partial charge >= 0.3 is 6.85 Å². The predicted molar refractivity (Wildman–Crippen MR) is 283 cm³/mol. The van der Waals surface area contributed by atoms with Gasteiger partial charge in [0.25, 0.3) is 0 Å². The van der Waals surface area contributed by atoms with E-state index >= 15 is 0 Å². The van der Waals surface area contributed by atoms with Crippen LogP contribution in [0.5, 0.6) is 0 Å². The van der Waals surface area contributed by atoms with Crippen molar-refractivity contribution < 1.29 is 0 Å². The van der Waals surface area contributed by atoms with E-state index in [-0.39, 0.29) is 6.85 Å². The summed E-state index contributed by atoms with van der Waals surface area (Å²) in [5, 5.41) is 5.11. The van der Waals surface area contributed by atoms with E-state index in [9.17, 15) is 0 Å². The Hall–Kier alpha value is -7.73. The lowest BCUT2D eigenvalue weighted by molar-refractivity contribution is 0.795. The Labute approximate surface area is 392 Å². The molecule has 5 heterocycles. The van der Waals surface area contributed by atoms with Crippen molar-refractivity contribution in [3.05, 3.63) is 218 Å². The zero-order valence-corrected chi connectivity index (χ0v) is 38.0. The average Bonchev–Trinajstić information content (AvgIpc) is 3.89. The Bertz CT molecular complexity index is 3850.